The number of ether oxygens (including phenoxy) is 1. The van der Waals surface area contributed by atoms with Crippen LogP contribution in [0.1, 0.15) is 6.42 Å². The summed E-state index contributed by atoms with van der Waals surface area (Å²) in [6.07, 6.45) is 5.90. The molecule has 3 N–H and O–H groups in total. The Morgan fingerprint density at radius 2 is 2.10 bits per heavy atom. The average Bonchev–Trinajstić information content (AvgIpc) is 3.34. The largest absolute Gasteiger partial charge is 0.449 e. The molecule has 1 fully saturated rings. The molecular weight excluding hydrogens is 370 g/mol. The fourth-order valence-corrected chi connectivity index (χ4v) is 3.47. The van der Waals surface area contributed by atoms with Crippen molar-refractivity contribution in [3.8, 4) is 22.5 Å². The number of pyridine rings is 1. The lowest BCUT2D eigenvalue weighted by atomic mass is 10.1. The van der Waals surface area contributed by atoms with Gasteiger partial charge in [-0.2, -0.15) is 5.10 Å². The quantitative estimate of drug-likeness (QED) is 0.557. The van der Waals surface area contributed by atoms with Crippen molar-refractivity contribution in [1.82, 2.24) is 24.7 Å². The van der Waals surface area contributed by atoms with Gasteiger partial charge in [0.15, 0.2) is 0 Å². The number of cyclic esters (lactones) is 1. The molecule has 1 amide bonds. The maximum atomic E-state index is 12.0. The number of hydrogen-bond donors (Lipinski definition) is 2. The fourth-order valence-electron chi connectivity index (χ4n) is 3.47. The number of nitrogens with one attached hydrogen (secondary N) is 1. The van der Waals surface area contributed by atoms with Gasteiger partial charge < -0.3 is 15.5 Å². The van der Waals surface area contributed by atoms with Crippen LogP contribution in [0.2, 0.25) is 0 Å². The summed E-state index contributed by atoms with van der Waals surface area (Å²) in [6, 6.07) is 7.58. The molecule has 1 aliphatic heterocycles. The molecular formula is C20H19N7O2. The van der Waals surface area contributed by atoms with Crippen LogP contribution in [0.5, 0.6) is 0 Å². The Bertz CT molecular complexity index is 1230. The van der Waals surface area contributed by atoms with E-state index in [0.29, 0.717) is 30.4 Å². The molecule has 0 spiro atoms. The van der Waals surface area contributed by atoms with Gasteiger partial charge in [0.05, 0.1) is 29.4 Å². The number of nitrogens with zero attached hydrogens (tertiary/aromatic N) is 5. The molecule has 4 heterocycles. The predicted octanol–water partition coefficient (Wildman–Crippen LogP) is 2.95. The van der Waals surface area contributed by atoms with Crippen LogP contribution in [0.4, 0.5) is 16.3 Å². The number of aromatic amines is 1. The first-order chi connectivity index (χ1) is 14.1. The number of anilines is 2. The number of carbonyl (C=O) groups excluding carboxylic acids is 1. The van der Waals surface area contributed by atoms with Crippen LogP contribution < -0.4 is 10.6 Å². The van der Waals surface area contributed by atoms with Crippen LogP contribution in [0, 0.1) is 0 Å². The molecule has 3 aromatic heterocycles. The van der Waals surface area contributed by atoms with Gasteiger partial charge in [0.25, 0.3) is 0 Å². The molecule has 4 aromatic rings. The summed E-state index contributed by atoms with van der Waals surface area (Å²) >= 11 is 0. The lowest BCUT2D eigenvalue weighted by Gasteiger charge is -2.26. The minimum absolute atomic E-state index is 0.326. The Morgan fingerprint density at radius 3 is 2.90 bits per heavy atom. The Morgan fingerprint density at radius 1 is 1.21 bits per heavy atom. The minimum Gasteiger partial charge on any atom is -0.449 e. The molecule has 0 saturated carbocycles. The van der Waals surface area contributed by atoms with Crippen molar-refractivity contribution in [3.63, 3.8) is 0 Å². The van der Waals surface area contributed by atoms with Crippen molar-refractivity contribution in [3.05, 3.63) is 42.9 Å². The monoisotopic (exact) mass is 389 g/mol. The summed E-state index contributed by atoms with van der Waals surface area (Å²) in [5.41, 5.74) is 11.0. The molecule has 0 radical (unpaired) electrons. The van der Waals surface area contributed by atoms with Gasteiger partial charge in [0.1, 0.15) is 11.6 Å². The third-order valence-corrected chi connectivity index (χ3v) is 4.96. The van der Waals surface area contributed by atoms with Crippen LogP contribution >= 0.6 is 0 Å². The van der Waals surface area contributed by atoms with E-state index in [9.17, 15) is 4.79 Å². The topological polar surface area (TPSA) is 115 Å². The first-order valence-corrected chi connectivity index (χ1v) is 9.27. The molecule has 146 valence electrons. The fraction of sp³-hybridized carbons (Fsp3) is 0.200. The third-order valence-electron chi connectivity index (χ3n) is 4.96. The van der Waals surface area contributed by atoms with Crippen molar-refractivity contribution in [2.45, 2.75) is 6.42 Å². The molecule has 0 unspecified atom stereocenters. The van der Waals surface area contributed by atoms with E-state index in [0.717, 1.165) is 34.3 Å². The number of nitrogens with two attached hydrogens (primary N) is 1. The Kier molecular flexibility index (Phi) is 3.94. The van der Waals surface area contributed by atoms with E-state index in [4.69, 9.17) is 10.5 Å². The van der Waals surface area contributed by atoms with Crippen molar-refractivity contribution >= 4 is 28.6 Å². The van der Waals surface area contributed by atoms with Crippen LogP contribution in [0.3, 0.4) is 0 Å². The zero-order valence-electron chi connectivity index (χ0n) is 15.8. The predicted molar refractivity (Wildman–Crippen MR) is 109 cm³/mol. The van der Waals surface area contributed by atoms with Gasteiger partial charge in [-0.25, -0.2) is 14.8 Å². The molecule has 1 saturated heterocycles. The van der Waals surface area contributed by atoms with Crippen LogP contribution in [0.15, 0.2) is 42.9 Å². The van der Waals surface area contributed by atoms with Gasteiger partial charge in [-0.3, -0.25) is 9.58 Å². The number of aromatic nitrogens is 5. The van der Waals surface area contributed by atoms with Crippen molar-refractivity contribution in [2.75, 3.05) is 23.8 Å². The minimum atomic E-state index is -0.326. The SMILES string of the molecule is Cn1cc(-c2cnc(N)c(-c3nc4ccc(N5CCCOC5=O)cc4[nH]3)c2)cn1. The molecule has 29 heavy (non-hydrogen) atoms. The normalized spacial score (nSPS) is 14.4. The highest BCUT2D eigenvalue weighted by atomic mass is 16.6. The summed E-state index contributed by atoms with van der Waals surface area (Å²) in [7, 11) is 1.87. The molecule has 5 rings (SSSR count). The number of benzene rings is 1. The molecule has 1 aromatic carbocycles. The molecule has 0 atom stereocenters. The molecule has 0 bridgehead atoms. The second-order valence-corrected chi connectivity index (χ2v) is 6.97. The Hall–Kier alpha value is -3.88. The number of H-pyrrole nitrogens is 1. The number of amides is 1. The first-order valence-electron chi connectivity index (χ1n) is 9.27. The van der Waals surface area contributed by atoms with E-state index in [-0.39, 0.29) is 6.09 Å². The number of imidazole rings is 1. The maximum Gasteiger partial charge on any atom is 0.414 e. The lowest BCUT2D eigenvalue weighted by molar-refractivity contribution is 0.140. The van der Waals surface area contributed by atoms with Gasteiger partial charge in [-0.05, 0) is 30.7 Å². The lowest BCUT2D eigenvalue weighted by Crippen LogP contribution is -2.37. The smallest absolute Gasteiger partial charge is 0.414 e. The van der Waals surface area contributed by atoms with Gasteiger partial charge in [0.2, 0.25) is 0 Å². The van der Waals surface area contributed by atoms with Crippen LogP contribution in [-0.2, 0) is 11.8 Å². The second kappa shape index (κ2) is 6.62. The zero-order valence-corrected chi connectivity index (χ0v) is 15.8. The third kappa shape index (κ3) is 3.06. The van der Waals surface area contributed by atoms with E-state index in [1.165, 1.54) is 0 Å². The highest BCUT2D eigenvalue weighted by Gasteiger charge is 2.22. The van der Waals surface area contributed by atoms with Crippen molar-refractivity contribution in [1.29, 1.82) is 0 Å². The van der Waals surface area contributed by atoms with E-state index < -0.39 is 0 Å². The van der Waals surface area contributed by atoms with E-state index >= 15 is 0 Å². The Labute approximate surface area is 166 Å². The summed E-state index contributed by atoms with van der Waals surface area (Å²) < 4.78 is 6.87. The first kappa shape index (κ1) is 17.2. The number of hydrogen-bond acceptors (Lipinski definition) is 6. The number of aryl methyl sites for hydroxylation is 1. The van der Waals surface area contributed by atoms with Gasteiger partial charge >= 0.3 is 6.09 Å². The number of fused-ring (bicyclic) bond motifs is 1. The van der Waals surface area contributed by atoms with Crippen LogP contribution in [-0.4, -0.2) is 44.0 Å². The highest BCUT2D eigenvalue weighted by Crippen LogP contribution is 2.30. The summed E-state index contributed by atoms with van der Waals surface area (Å²) in [5.74, 6) is 1.01. The van der Waals surface area contributed by atoms with E-state index in [1.807, 2.05) is 37.5 Å². The van der Waals surface area contributed by atoms with Gasteiger partial charge in [0, 0.05) is 42.8 Å². The summed E-state index contributed by atoms with van der Waals surface area (Å²) in [6.45, 7) is 1.10. The molecule has 9 heteroatoms. The second-order valence-electron chi connectivity index (χ2n) is 6.97. The van der Waals surface area contributed by atoms with E-state index in [1.54, 1.807) is 22.0 Å². The van der Waals surface area contributed by atoms with Crippen LogP contribution in [0.25, 0.3) is 33.5 Å². The summed E-state index contributed by atoms with van der Waals surface area (Å²) in [4.78, 5) is 25.9. The van der Waals surface area contributed by atoms with Gasteiger partial charge in [-0.15, -0.1) is 0 Å². The number of rotatable bonds is 3. The van der Waals surface area contributed by atoms with Crippen molar-refractivity contribution < 1.29 is 9.53 Å². The van der Waals surface area contributed by atoms with Crippen molar-refractivity contribution in [2.24, 2.45) is 7.05 Å². The molecule has 9 nitrogen and oxygen atoms in total. The highest BCUT2D eigenvalue weighted by molar-refractivity contribution is 5.92. The van der Waals surface area contributed by atoms with Gasteiger partial charge in [-0.1, -0.05) is 0 Å². The summed E-state index contributed by atoms with van der Waals surface area (Å²) in [5, 5.41) is 4.20. The zero-order chi connectivity index (χ0) is 20.0. The molecule has 1 aliphatic rings. The maximum absolute atomic E-state index is 12.0. The average molecular weight is 389 g/mol. The van der Waals surface area contributed by atoms with E-state index in [2.05, 4.69) is 20.1 Å². The molecule has 0 aliphatic carbocycles. The number of carbonyl (C=O) groups is 1. The standard InChI is InChI=1S/C20H19N7O2/c1-26-11-13(10-23-26)12-7-15(18(21)22-9-12)19-24-16-4-3-14(8-17(16)25-19)27-5-2-6-29-20(27)28/h3-4,7-11H,2,5-6H2,1H3,(H2,21,22)(H,24,25). The Balaban J connectivity index is 1.54. The number of nitrogen functional groups attached to an aromatic ring is 1.